The summed E-state index contributed by atoms with van der Waals surface area (Å²) in [5.41, 5.74) is 2.43. The van der Waals surface area contributed by atoms with Gasteiger partial charge in [0.15, 0.2) is 0 Å². The van der Waals surface area contributed by atoms with Gasteiger partial charge in [-0.3, -0.25) is 4.79 Å². The van der Waals surface area contributed by atoms with Crippen LogP contribution in [0.2, 0.25) is 0 Å². The molecule has 2 aromatic carbocycles. The Morgan fingerprint density at radius 1 is 1.00 bits per heavy atom. The van der Waals surface area contributed by atoms with Crippen LogP contribution in [-0.2, 0) is 27.4 Å². The van der Waals surface area contributed by atoms with Gasteiger partial charge < -0.3 is 25.6 Å². The SMILES string of the molecule is Cc1ccccc1C[C@@H](NC(=O)[C@@H](NC(=O)OCc1ccccc1)[C@@H](C)O)C(=O)O. The Hall–Kier alpha value is -3.39. The average molecular weight is 414 g/mol. The lowest BCUT2D eigenvalue weighted by atomic mass is 10.0. The minimum atomic E-state index is -1.37. The lowest BCUT2D eigenvalue weighted by Crippen LogP contribution is -2.56. The summed E-state index contributed by atoms with van der Waals surface area (Å²) < 4.78 is 5.07. The van der Waals surface area contributed by atoms with Crippen LogP contribution in [-0.4, -0.2) is 46.4 Å². The first-order valence-corrected chi connectivity index (χ1v) is 9.51. The fourth-order valence-corrected chi connectivity index (χ4v) is 2.82. The monoisotopic (exact) mass is 414 g/mol. The molecule has 0 aliphatic rings. The first-order valence-electron chi connectivity index (χ1n) is 9.51. The zero-order valence-electron chi connectivity index (χ0n) is 16.9. The summed E-state index contributed by atoms with van der Waals surface area (Å²) in [6.45, 7) is 3.16. The highest BCUT2D eigenvalue weighted by Crippen LogP contribution is 2.10. The van der Waals surface area contributed by atoms with E-state index in [9.17, 15) is 24.6 Å². The number of ether oxygens (including phenoxy) is 1. The molecule has 8 nitrogen and oxygen atoms in total. The maximum absolute atomic E-state index is 12.6. The number of rotatable bonds is 9. The molecule has 30 heavy (non-hydrogen) atoms. The van der Waals surface area contributed by atoms with Crippen LogP contribution in [0.1, 0.15) is 23.6 Å². The molecule has 4 N–H and O–H groups in total. The van der Waals surface area contributed by atoms with E-state index >= 15 is 0 Å². The van der Waals surface area contributed by atoms with Crippen molar-refractivity contribution in [2.45, 2.75) is 45.1 Å². The molecule has 0 aliphatic heterocycles. The first kappa shape index (κ1) is 22.9. The van der Waals surface area contributed by atoms with Crippen LogP contribution in [0.25, 0.3) is 0 Å². The second-order valence-electron chi connectivity index (χ2n) is 6.95. The standard InChI is InChI=1S/C22H26N2O6/c1-14-8-6-7-11-17(14)12-18(21(27)28)23-20(26)19(15(2)25)24-22(29)30-13-16-9-4-3-5-10-16/h3-11,15,18-19,25H,12-13H2,1-2H3,(H,23,26)(H,24,29)(H,27,28)/t15-,18-,19+/m1/s1. The third-order valence-electron chi connectivity index (χ3n) is 4.55. The topological polar surface area (TPSA) is 125 Å². The number of benzene rings is 2. The number of carboxylic acids is 1. The van der Waals surface area contributed by atoms with Gasteiger partial charge in [-0.2, -0.15) is 0 Å². The largest absolute Gasteiger partial charge is 0.480 e. The van der Waals surface area contributed by atoms with E-state index in [1.54, 1.807) is 36.4 Å². The Bertz CT molecular complexity index is 869. The van der Waals surface area contributed by atoms with E-state index in [-0.39, 0.29) is 13.0 Å². The van der Waals surface area contributed by atoms with Gasteiger partial charge in [0.1, 0.15) is 18.7 Å². The maximum Gasteiger partial charge on any atom is 0.408 e. The Morgan fingerprint density at radius 2 is 1.63 bits per heavy atom. The molecular formula is C22H26N2O6. The van der Waals surface area contributed by atoms with E-state index in [2.05, 4.69) is 10.6 Å². The average Bonchev–Trinajstić information content (AvgIpc) is 2.71. The molecule has 0 radical (unpaired) electrons. The van der Waals surface area contributed by atoms with Gasteiger partial charge in [0.05, 0.1) is 6.10 Å². The van der Waals surface area contributed by atoms with Crippen molar-refractivity contribution in [1.29, 1.82) is 0 Å². The van der Waals surface area contributed by atoms with Crippen molar-refractivity contribution in [1.82, 2.24) is 10.6 Å². The number of carbonyl (C=O) groups is 3. The quantitative estimate of drug-likeness (QED) is 0.496. The second kappa shape index (κ2) is 11.0. The Labute approximate surface area is 174 Å². The molecule has 0 saturated carbocycles. The van der Waals surface area contributed by atoms with Gasteiger partial charge in [-0.05, 0) is 30.5 Å². The Morgan fingerprint density at radius 3 is 2.23 bits per heavy atom. The lowest BCUT2D eigenvalue weighted by molar-refractivity contribution is -0.142. The molecule has 2 rings (SSSR count). The molecule has 0 spiro atoms. The van der Waals surface area contributed by atoms with Crippen molar-refractivity contribution in [2.75, 3.05) is 0 Å². The van der Waals surface area contributed by atoms with Crippen LogP contribution >= 0.6 is 0 Å². The van der Waals surface area contributed by atoms with Crippen molar-refractivity contribution in [3.8, 4) is 0 Å². The number of hydrogen-bond acceptors (Lipinski definition) is 5. The van der Waals surface area contributed by atoms with Crippen LogP contribution in [0.15, 0.2) is 54.6 Å². The molecule has 2 amide bonds. The number of amides is 2. The fraction of sp³-hybridized carbons (Fsp3) is 0.318. The van der Waals surface area contributed by atoms with E-state index in [1.165, 1.54) is 6.92 Å². The predicted octanol–water partition coefficient (Wildman–Crippen LogP) is 1.78. The highest BCUT2D eigenvalue weighted by molar-refractivity contribution is 5.89. The Kier molecular flexibility index (Phi) is 8.37. The summed E-state index contributed by atoms with van der Waals surface area (Å²) in [7, 11) is 0. The van der Waals surface area contributed by atoms with E-state index in [4.69, 9.17) is 4.74 Å². The molecule has 8 heteroatoms. The summed E-state index contributed by atoms with van der Waals surface area (Å²) in [6, 6.07) is 13.6. The van der Waals surface area contributed by atoms with Crippen molar-refractivity contribution in [3.05, 3.63) is 71.3 Å². The number of aliphatic carboxylic acids is 1. The molecule has 0 aromatic heterocycles. The van der Waals surface area contributed by atoms with Gasteiger partial charge in [0.2, 0.25) is 5.91 Å². The molecular weight excluding hydrogens is 388 g/mol. The van der Waals surface area contributed by atoms with Gasteiger partial charge in [-0.25, -0.2) is 9.59 Å². The van der Waals surface area contributed by atoms with E-state index in [1.807, 2.05) is 25.1 Å². The Balaban J connectivity index is 1.99. The molecule has 0 fully saturated rings. The van der Waals surface area contributed by atoms with Crippen LogP contribution in [0.5, 0.6) is 0 Å². The highest BCUT2D eigenvalue weighted by atomic mass is 16.5. The number of aliphatic hydroxyl groups excluding tert-OH is 1. The molecule has 160 valence electrons. The number of alkyl carbamates (subject to hydrolysis) is 1. The number of nitrogens with one attached hydrogen (secondary N) is 2. The highest BCUT2D eigenvalue weighted by Gasteiger charge is 2.30. The molecule has 2 aromatic rings. The van der Waals surface area contributed by atoms with Gasteiger partial charge in [-0.1, -0.05) is 54.6 Å². The minimum Gasteiger partial charge on any atom is -0.480 e. The van der Waals surface area contributed by atoms with E-state index < -0.39 is 36.2 Å². The van der Waals surface area contributed by atoms with Crippen molar-refractivity contribution in [3.63, 3.8) is 0 Å². The third kappa shape index (κ3) is 6.89. The van der Waals surface area contributed by atoms with Crippen molar-refractivity contribution < 1.29 is 29.3 Å². The summed E-state index contributed by atoms with van der Waals surface area (Å²) in [6.07, 6.45) is -2.09. The van der Waals surface area contributed by atoms with Gasteiger partial charge in [-0.15, -0.1) is 0 Å². The molecule has 3 atom stereocenters. The summed E-state index contributed by atoms with van der Waals surface area (Å²) in [5, 5.41) is 24.1. The van der Waals surface area contributed by atoms with Crippen molar-refractivity contribution in [2.24, 2.45) is 0 Å². The number of hydrogen-bond donors (Lipinski definition) is 4. The molecule has 0 unspecified atom stereocenters. The van der Waals surface area contributed by atoms with Crippen LogP contribution < -0.4 is 10.6 Å². The molecule has 0 bridgehead atoms. The molecule has 0 heterocycles. The number of aliphatic hydroxyl groups is 1. The van der Waals surface area contributed by atoms with E-state index in [0.29, 0.717) is 0 Å². The lowest BCUT2D eigenvalue weighted by Gasteiger charge is -2.23. The van der Waals surface area contributed by atoms with Gasteiger partial charge in [0, 0.05) is 6.42 Å². The number of carbonyl (C=O) groups excluding carboxylic acids is 2. The smallest absolute Gasteiger partial charge is 0.408 e. The number of aryl methyl sites for hydroxylation is 1. The molecule has 0 aliphatic carbocycles. The predicted molar refractivity (Wildman–Crippen MR) is 110 cm³/mol. The maximum atomic E-state index is 12.6. The minimum absolute atomic E-state index is 0.00808. The zero-order valence-corrected chi connectivity index (χ0v) is 16.9. The van der Waals surface area contributed by atoms with Gasteiger partial charge >= 0.3 is 12.1 Å². The fourth-order valence-electron chi connectivity index (χ4n) is 2.82. The number of carboxylic acid groups (broad SMARTS) is 1. The summed E-state index contributed by atoms with van der Waals surface area (Å²) in [5.74, 6) is -2.04. The van der Waals surface area contributed by atoms with Crippen molar-refractivity contribution >= 4 is 18.0 Å². The summed E-state index contributed by atoms with van der Waals surface area (Å²) in [4.78, 5) is 36.3. The van der Waals surface area contributed by atoms with Crippen LogP contribution in [0.4, 0.5) is 4.79 Å². The van der Waals surface area contributed by atoms with Crippen LogP contribution in [0, 0.1) is 6.92 Å². The third-order valence-corrected chi connectivity index (χ3v) is 4.55. The van der Waals surface area contributed by atoms with Gasteiger partial charge in [0.25, 0.3) is 0 Å². The second-order valence-corrected chi connectivity index (χ2v) is 6.95. The first-order chi connectivity index (χ1) is 14.3. The normalized spacial score (nSPS) is 13.6. The zero-order chi connectivity index (χ0) is 22.1. The summed E-state index contributed by atoms with van der Waals surface area (Å²) >= 11 is 0. The van der Waals surface area contributed by atoms with Crippen LogP contribution in [0.3, 0.4) is 0 Å². The van der Waals surface area contributed by atoms with E-state index in [0.717, 1.165) is 16.7 Å². The molecule has 0 saturated heterocycles.